The Hall–Kier alpha value is -1.12. The van der Waals surface area contributed by atoms with E-state index in [0.717, 1.165) is 14.6 Å². The van der Waals surface area contributed by atoms with E-state index in [1.807, 2.05) is 12.1 Å². The van der Waals surface area contributed by atoms with Crippen molar-refractivity contribution in [3.8, 4) is 5.75 Å². The highest BCUT2D eigenvalue weighted by atomic mass is 79.9. The second kappa shape index (κ2) is 8.65. The number of ether oxygens (including phenoxy) is 1. The number of carbonyl (C=O) groups is 1. The molecule has 0 bridgehead atoms. The second-order valence-electron chi connectivity index (χ2n) is 5.28. The molecule has 0 saturated carbocycles. The zero-order valence-electron chi connectivity index (χ0n) is 13.1. The van der Waals surface area contributed by atoms with E-state index in [-0.39, 0.29) is 5.91 Å². The summed E-state index contributed by atoms with van der Waals surface area (Å²) >= 11 is 6.38. The first kappa shape index (κ1) is 18.2. The number of thioether (sulfide) groups is 1. The van der Waals surface area contributed by atoms with Crippen molar-refractivity contribution in [3.05, 3.63) is 28.7 Å². The molecule has 1 aromatic carbocycles. The molecule has 0 aliphatic rings. The van der Waals surface area contributed by atoms with Gasteiger partial charge >= 0.3 is 0 Å². The molecule has 0 fully saturated rings. The first-order valence-corrected chi connectivity index (χ1v) is 9.73. The molecule has 0 unspecified atom stereocenters. The molecule has 23 heavy (non-hydrogen) atoms. The maximum absolute atomic E-state index is 12.1. The topological polar surface area (TPSA) is 64.1 Å². The van der Waals surface area contributed by atoms with E-state index in [9.17, 15) is 4.79 Å². The molecular weight excluding hydrogens is 398 g/mol. The maximum atomic E-state index is 12.1. The van der Waals surface area contributed by atoms with E-state index in [0.29, 0.717) is 16.8 Å². The molecule has 1 aromatic heterocycles. The third-order valence-corrected chi connectivity index (χ3v) is 5.60. The van der Waals surface area contributed by atoms with Gasteiger partial charge in [0.15, 0.2) is 10.4 Å². The van der Waals surface area contributed by atoms with Crippen LogP contribution in [0.1, 0.15) is 20.8 Å². The number of nitrogens with zero attached hydrogens (tertiary/aromatic N) is 2. The zero-order chi connectivity index (χ0) is 16.8. The molecule has 2 rings (SSSR count). The van der Waals surface area contributed by atoms with Crippen LogP contribution in [0.3, 0.4) is 0 Å². The lowest BCUT2D eigenvalue weighted by Gasteiger charge is -2.13. The Kier molecular flexibility index (Phi) is 6.86. The third kappa shape index (κ3) is 6.12. The molecule has 124 valence electrons. The highest BCUT2D eigenvalue weighted by Crippen LogP contribution is 2.27. The molecule has 0 radical (unpaired) electrons. The molecule has 8 heteroatoms. The van der Waals surface area contributed by atoms with E-state index in [1.54, 1.807) is 30.8 Å². The number of benzene rings is 1. The molecule has 2 aromatic rings. The first-order chi connectivity index (χ1) is 10.9. The summed E-state index contributed by atoms with van der Waals surface area (Å²) in [7, 11) is 0. The van der Waals surface area contributed by atoms with Gasteiger partial charge in [-0.1, -0.05) is 52.9 Å². The Morgan fingerprint density at radius 2 is 2.00 bits per heavy atom. The Morgan fingerprint density at radius 1 is 1.30 bits per heavy atom. The summed E-state index contributed by atoms with van der Waals surface area (Å²) in [6.07, 6.45) is -0.619. The van der Waals surface area contributed by atoms with Crippen LogP contribution in [0.2, 0.25) is 0 Å². The number of rotatable bonds is 7. The number of anilines is 1. The molecule has 1 atom stereocenters. The van der Waals surface area contributed by atoms with Gasteiger partial charge in [-0.05, 0) is 37.1 Å². The van der Waals surface area contributed by atoms with Gasteiger partial charge in [0, 0.05) is 10.2 Å². The summed E-state index contributed by atoms with van der Waals surface area (Å²) in [4.78, 5) is 12.1. The van der Waals surface area contributed by atoms with Gasteiger partial charge in [-0.2, -0.15) is 0 Å². The van der Waals surface area contributed by atoms with Crippen LogP contribution in [0.5, 0.6) is 5.75 Å². The molecule has 5 nitrogen and oxygen atoms in total. The highest BCUT2D eigenvalue weighted by molar-refractivity contribution is 9.10. The summed E-state index contributed by atoms with van der Waals surface area (Å²) in [5.41, 5.74) is 0. The third-order valence-electron chi connectivity index (χ3n) is 2.67. The Morgan fingerprint density at radius 3 is 2.65 bits per heavy atom. The van der Waals surface area contributed by atoms with Gasteiger partial charge in [-0.15, -0.1) is 10.2 Å². The summed E-state index contributed by atoms with van der Waals surface area (Å²) in [5.74, 6) is 1.96. The number of hydrogen-bond donors (Lipinski definition) is 1. The molecular formula is C15H18BrN3O2S2. The number of carbonyl (C=O) groups excluding carboxylic acids is 1. The van der Waals surface area contributed by atoms with Crippen molar-refractivity contribution in [2.45, 2.75) is 31.2 Å². The minimum atomic E-state index is -0.619. The highest BCUT2D eigenvalue weighted by Gasteiger charge is 2.17. The van der Waals surface area contributed by atoms with Crippen molar-refractivity contribution in [2.75, 3.05) is 11.1 Å². The van der Waals surface area contributed by atoms with Gasteiger partial charge in [0.1, 0.15) is 5.75 Å². The van der Waals surface area contributed by atoms with Gasteiger partial charge in [-0.25, -0.2) is 0 Å². The second-order valence-corrected chi connectivity index (χ2v) is 8.44. The first-order valence-electron chi connectivity index (χ1n) is 7.13. The predicted octanol–water partition coefficient (Wildman–Crippen LogP) is 4.45. The lowest BCUT2D eigenvalue weighted by atomic mass is 10.3. The minimum absolute atomic E-state index is 0.246. The van der Waals surface area contributed by atoms with Gasteiger partial charge in [0.25, 0.3) is 5.91 Å². The van der Waals surface area contributed by atoms with Crippen molar-refractivity contribution in [1.82, 2.24) is 10.2 Å². The smallest absolute Gasteiger partial charge is 0.266 e. The zero-order valence-corrected chi connectivity index (χ0v) is 16.3. The normalized spacial score (nSPS) is 12.2. The van der Waals surface area contributed by atoms with Crippen LogP contribution in [0, 0.1) is 5.92 Å². The van der Waals surface area contributed by atoms with Crippen molar-refractivity contribution < 1.29 is 9.53 Å². The Labute approximate surface area is 152 Å². The van der Waals surface area contributed by atoms with Crippen molar-refractivity contribution in [2.24, 2.45) is 5.92 Å². The van der Waals surface area contributed by atoms with Crippen LogP contribution >= 0.6 is 39.0 Å². The fourth-order valence-corrected chi connectivity index (χ4v) is 3.53. The SMILES string of the molecule is CC(C)CSc1nnc(NC(=O)[C@H](C)Oc2ccc(Br)cc2)s1. The summed E-state index contributed by atoms with van der Waals surface area (Å²) < 4.78 is 7.42. The van der Waals surface area contributed by atoms with E-state index in [1.165, 1.54) is 11.3 Å². The average molecular weight is 416 g/mol. The monoisotopic (exact) mass is 415 g/mol. The standard InChI is InChI=1S/C15H18BrN3O2S2/c1-9(2)8-22-15-19-18-14(23-15)17-13(20)10(3)21-12-6-4-11(16)5-7-12/h4-7,9-10H,8H2,1-3H3,(H,17,18,20)/t10-/m0/s1. The molecule has 0 saturated heterocycles. The fourth-order valence-electron chi connectivity index (χ4n) is 1.53. The summed E-state index contributed by atoms with van der Waals surface area (Å²) in [5, 5.41) is 11.3. The van der Waals surface area contributed by atoms with Gasteiger partial charge in [0.05, 0.1) is 0 Å². The number of halogens is 1. The number of nitrogens with one attached hydrogen (secondary N) is 1. The molecule has 1 heterocycles. The number of hydrogen-bond acceptors (Lipinski definition) is 6. The fraction of sp³-hybridized carbons (Fsp3) is 0.400. The van der Waals surface area contributed by atoms with E-state index in [4.69, 9.17) is 4.74 Å². The van der Waals surface area contributed by atoms with Gasteiger partial charge < -0.3 is 4.74 Å². The van der Waals surface area contributed by atoms with Crippen molar-refractivity contribution in [1.29, 1.82) is 0 Å². The van der Waals surface area contributed by atoms with E-state index < -0.39 is 6.10 Å². The van der Waals surface area contributed by atoms with Crippen LogP contribution < -0.4 is 10.1 Å². The minimum Gasteiger partial charge on any atom is -0.481 e. The lowest BCUT2D eigenvalue weighted by Crippen LogP contribution is -2.30. The van der Waals surface area contributed by atoms with Crippen LogP contribution in [0.25, 0.3) is 0 Å². The van der Waals surface area contributed by atoms with Crippen LogP contribution in [0.15, 0.2) is 33.1 Å². The molecule has 1 amide bonds. The Balaban J connectivity index is 1.86. The van der Waals surface area contributed by atoms with Gasteiger partial charge in [-0.3, -0.25) is 10.1 Å². The van der Waals surface area contributed by atoms with Crippen molar-refractivity contribution >= 4 is 50.1 Å². The molecule has 0 aliphatic heterocycles. The predicted molar refractivity (Wildman–Crippen MR) is 98.3 cm³/mol. The average Bonchev–Trinajstić information content (AvgIpc) is 2.95. The Bertz CT molecular complexity index is 646. The number of aromatic nitrogens is 2. The number of amides is 1. The summed E-state index contributed by atoms with van der Waals surface area (Å²) in [6, 6.07) is 7.34. The quantitative estimate of drug-likeness (QED) is 0.534. The van der Waals surface area contributed by atoms with Crippen LogP contribution in [-0.4, -0.2) is 28.0 Å². The molecule has 0 spiro atoms. The van der Waals surface area contributed by atoms with Crippen LogP contribution in [-0.2, 0) is 4.79 Å². The van der Waals surface area contributed by atoms with E-state index >= 15 is 0 Å². The largest absolute Gasteiger partial charge is 0.481 e. The summed E-state index contributed by atoms with van der Waals surface area (Å²) in [6.45, 7) is 6.00. The van der Waals surface area contributed by atoms with Crippen molar-refractivity contribution in [3.63, 3.8) is 0 Å². The van der Waals surface area contributed by atoms with Gasteiger partial charge in [0.2, 0.25) is 5.13 Å². The molecule has 1 N–H and O–H groups in total. The van der Waals surface area contributed by atoms with Crippen LogP contribution in [0.4, 0.5) is 5.13 Å². The lowest BCUT2D eigenvalue weighted by molar-refractivity contribution is -0.122. The van der Waals surface area contributed by atoms with E-state index in [2.05, 4.69) is 45.3 Å². The molecule has 0 aliphatic carbocycles. The maximum Gasteiger partial charge on any atom is 0.266 e.